The highest BCUT2D eigenvalue weighted by Gasteiger charge is 2.10. The van der Waals surface area contributed by atoms with Crippen molar-refractivity contribution in [3.05, 3.63) is 15.4 Å². The first-order valence-electron chi connectivity index (χ1n) is 5.45. The molecule has 0 aliphatic carbocycles. The van der Waals surface area contributed by atoms with E-state index in [0.717, 1.165) is 22.6 Å². The van der Waals surface area contributed by atoms with Crippen molar-refractivity contribution in [2.45, 2.75) is 33.7 Å². The predicted octanol–water partition coefficient (Wildman–Crippen LogP) is 4.05. The van der Waals surface area contributed by atoms with E-state index in [-0.39, 0.29) is 0 Å². The number of hydrogen-bond acceptors (Lipinski definition) is 3. The summed E-state index contributed by atoms with van der Waals surface area (Å²) in [6.45, 7) is 8.77. The molecule has 1 N–H and O–H groups in total. The van der Waals surface area contributed by atoms with Gasteiger partial charge in [0.25, 0.3) is 0 Å². The van der Waals surface area contributed by atoms with Crippen LogP contribution in [0.5, 0.6) is 5.06 Å². The van der Waals surface area contributed by atoms with E-state index in [4.69, 9.17) is 4.74 Å². The van der Waals surface area contributed by atoms with Crippen molar-refractivity contribution in [1.82, 2.24) is 5.32 Å². The highest BCUT2D eigenvalue weighted by atomic mass is 79.9. The number of rotatable bonds is 5. The van der Waals surface area contributed by atoms with Gasteiger partial charge in [-0.15, -0.1) is 11.3 Å². The van der Waals surface area contributed by atoms with Crippen LogP contribution in [0.25, 0.3) is 0 Å². The van der Waals surface area contributed by atoms with Gasteiger partial charge in [0.05, 0.1) is 11.6 Å². The Morgan fingerprint density at radius 1 is 1.44 bits per heavy atom. The van der Waals surface area contributed by atoms with Crippen molar-refractivity contribution in [2.24, 2.45) is 5.41 Å². The normalized spacial score (nSPS) is 11.8. The van der Waals surface area contributed by atoms with Gasteiger partial charge >= 0.3 is 0 Å². The molecule has 2 nitrogen and oxygen atoms in total. The molecule has 92 valence electrons. The first-order chi connectivity index (χ1) is 7.42. The molecule has 1 rings (SSSR count). The molecule has 0 aromatic carbocycles. The van der Waals surface area contributed by atoms with Gasteiger partial charge in [0, 0.05) is 11.4 Å². The molecule has 0 aliphatic rings. The Balaban J connectivity index is 2.32. The molecular formula is C12H20BrNOS. The van der Waals surface area contributed by atoms with Crippen LogP contribution in [0.1, 0.15) is 32.1 Å². The maximum absolute atomic E-state index is 5.23. The number of halogens is 1. The van der Waals surface area contributed by atoms with Gasteiger partial charge in [0.1, 0.15) is 0 Å². The maximum atomic E-state index is 5.23. The number of thiophene rings is 1. The number of methoxy groups -OCH3 is 1. The Morgan fingerprint density at radius 3 is 2.62 bits per heavy atom. The molecule has 0 aliphatic heterocycles. The molecule has 0 saturated heterocycles. The van der Waals surface area contributed by atoms with Crippen LogP contribution in [0.15, 0.2) is 10.5 Å². The molecule has 1 aromatic rings. The quantitative estimate of drug-likeness (QED) is 0.829. The summed E-state index contributed by atoms with van der Waals surface area (Å²) in [4.78, 5) is 1.30. The van der Waals surface area contributed by atoms with Crippen molar-refractivity contribution in [1.29, 1.82) is 0 Å². The first kappa shape index (κ1) is 14.0. The van der Waals surface area contributed by atoms with Gasteiger partial charge in [0.15, 0.2) is 5.06 Å². The molecular weight excluding hydrogens is 286 g/mol. The molecule has 0 radical (unpaired) electrons. The van der Waals surface area contributed by atoms with Crippen LogP contribution >= 0.6 is 27.3 Å². The van der Waals surface area contributed by atoms with Gasteiger partial charge in [-0.1, -0.05) is 20.8 Å². The summed E-state index contributed by atoms with van der Waals surface area (Å²) in [7, 11) is 1.70. The summed E-state index contributed by atoms with van der Waals surface area (Å²) in [6.07, 6.45) is 1.19. The molecule has 0 amide bonds. The number of nitrogens with one attached hydrogen (secondary N) is 1. The van der Waals surface area contributed by atoms with E-state index in [0.29, 0.717) is 5.41 Å². The van der Waals surface area contributed by atoms with Crippen molar-refractivity contribution in [3.8, 4) is 5.06 Å². The largest absolute Gasteiger partial charge is 0.486 e. The molecule has 0 fully saturated rings. The van der Waals surface area contributed by atoms with Crippen LogP contribution < -0.4 is 10.1 Å². The Labute approximate surface area is 111 Å². The van der Waals surface area contributed by atoms with Crippen LogP contribution in [-0.4, -0.2) is 13.7 Å². The minimum absolute atomic E-state index is 0.403. The molecule has 0 bridgehead atoms. The molecule has 1 aromatic heterocycles. The highest BCUT2D eigenvalue weighted by Crippen LogP contribution is 2.34. The van der Waals surface area contributed by atoms with E-state index < -0.39 is 0 Å². The fourth-order valence-electron chi connectivity index (χ4n) is 1.30. The van der Waals surface area contributed by atoms with Crippen molar-refractivity contribution >= 4 is 27.3 Å². The molecule has 0 atom stereocenters. The summed E-state index contributed by atoms with van der Waals surface area (Å²) in [5, 5.41) is 4.41. The Bertz CT molecular complexity index is 330. The lowest BCUT2D eigenvalue weighted by molar-refractivity contribution is 0.367. The molecule has 0 unspecified atom stereocenters. The van der Waals surface area contributed by atoms with Crippen molar-refractivity contribution < 1.29 is 4.74 Å². The SMILES string of the molecule is COc1sc(CNCCC(C)(C)C)cc1Br. The average Bonchev–Trinajstić information content (AvgIpc) is 2.52. The van der Waals surface area contributed by atoms with Crippen LogP contribution in [-0.2, 0) is 6.54 Å². The van der Waals surface area contributed by atoms with Crippen LogP contribution in [0.2, 0.25) is 0 Å². The Morgan fingerprint density at radius 2 is 2.12 bits per heavy atom. The van der Waals surface area contributed by atoms with E-state index in [1.165, 1.54) is 11.3 Å². The number of ether oxygens (including phenoxy) is 1. The van der Waals surface area contributed by atoms with Gasteiger partial charge < -0.3 is 10.1 Å². The lowest BCUT2D eigenvalue weighted by Gasteiger charge is -2.17. The second-order valence-corrected chi connectivity index (χ2v) is 6.99. The molecule has 0 spiro atoms. The average molecular weight is 306 g/mol. The Hall–Kier alpha value is -0.0600. The Kier molecular flexibility index (Phi) is 5.28. The zero-order valence-corrected chi connectivity index (χ0v) is 12.8. The standard InChI is InChI=1S/C12H20BrNOS/c1-12(2,3)5-6-14-8-9-7-10(13)11(15-4)16-9/h7,14H,5-6,8H2,1-4H3. The zero-order chi connectivity index (χ0) is 12.2. The minimum atomic E-state index is 0.403. The summed E-state index contributed by atoms with van der Waals surface area (Å²) in [6, 6.07) is 2.12. The summed E-state index contributed by atoms with van der Waals surface area (Å²) < 4.78 is 6.28. The fraction of sp³-hybridized carbons (Fsp3) is 0.667. The summed E-state index contributed by atoms with van der Waals surface area (Å²) in [5.41, 5.74) is 0.403. The lowest BCUT2D eigenvalue weighted by atomic mass is 9.92. The van der Waals surface area contributed by atoms with Crippen LogP contribution in [0, 0.1) is 5.41 Å². The van der Waals surface area contributed by atoms with Crippen LogP contribution in [0.4, 0.5) is 0 Å². The topological polar surface area (TPSA) is 21.3 Å². The van der Waals surface area contributed by atoms with Gasteiger partial charge in [-0.3, -0.25) is 0 Å². The minimum Gasteiger partial charge on any atom is -0.486 e. The van der Waals surface area contributed by atoms with E-state index in [1.807, 2.05) is 0 Å². The highest BCUT2D eigenvalue weighted by molar-refractivity contribution is 9.10. The summed E-state index contributed by atoms with van der Waals surface area (Å²) >= 11 is 5.16. The molecule has 1 heterocycles. The van der Waals surface area contributed by atoms with Gasteiger partial charge in [-0.2, -0.15) is 0 Å². The van der Waals surface area contributed by atoms with Gasteiger partial charge in [0.2, 0.25) is 0 Å². The summed E-state index contributed by atoms with van der Waals surface area (Å²) in [5.74, 6) is 0. The lowest BCUT2D eigenvalue weighted by Crippen LogP contribution is -2.19. The third-order valence-corrected chi connectivity index (χ3v) is 4.19. The predicted molar refractivity (Wildman–Crippen MR) is 74.3 cm³/mol. The van der Waals surface area contributed by atoms with E-state index >= 15 is 0 Å². The van der Waals surface area contributed by atoms with Crippen LogP contribution in [0.3, 0.4) is 0 Å². The first-order valence-corrected chi connectivity index (χ1v) is 7.06. The van der Waals surface area contributed by atoms with E-state index in [9.17, 15) is 0 Å². The van der Waals surface area contributed by atoms with Gasteiger partial charge in [-0.25, -0.2) is 0 Å². The smallest absolute Gasteiger partial charge is 0.188 e. The van der Waals surface area contributed by atoms with Gasteiger partial charge in [-0.05, 0) is 40.4 Å². The third-order valence-electron chi connectivity index (χ3n) is 2.24. The fourth-order valence-corrected chi connectivity index (χ4v) is 2.96. The maximum Gasteiger partial charge on any atom is 0.188 e. The molecule has 16 heavy (non-hydrogen) atoms. The number of hydrogen-bond donors (Lipinski definition) is 1. The van der Waals surface area contributed by atoms with Crippen molar-refractivity contribution in [2.75, 3.05) is 13.7 Å². The monoisotopic (exact) mass is 305 g/mol. The van der Waals surface area contributed by atoms with E-state index in [1.54, 1.807) is 18.4 Å². The third kappa shape index (κ3) is 4.85. The molecule has 0 saturated carbocycles. The second-order valence-electron chi connectivity index (χ2n) is 5.04. The zero-order valence-electron chi connectivity index (χ0n) is 10.4. The second kappa shape index (κ2) is 6.03. The molecule has 4 heteroatoms. The van der Waals surface area contributed by atoms with Crippen molar-refractivity contribution in [3.63, 3.8) is 0 Å². The van der Waals surface area contributed by atoms with E-state index in [2.05, 4.69) is 48.1 Å².